The quantitative estimate of drug-likeness (QED) is 0.186. The molecule has 6 bridgehead atoms. The smallest absolute Gasteiger partial charge is 0.406 e. The number of nitrogens with zero attached hydrogens (tertiary/aromatic N) is 8. The molecule has 1 aliphatic carbocycles. The Hall–Kier alpha value is -5.38. The number of morpholine rings is 1. The minimum Gasteiger partial charge on any atom is -0.464 e. The molecule has 1 unspecified atom stereocenters. The zero-order valence-corrected chi connectivity index (χ0v) is 43.8. The number of pyridine rings is 2. The molecule has 20 heteroatoms. The predicted octanol–water partition coefficient (Wildman–Crippen LogP) is 5.61. The van der Waals surface area contributed by atoms with E-state index >= 15 is 18.0 Å². The fourth-order valence-electron chi connectivity index (χ4n) is 12.9. The van der Waals surface area contributed by atoms with Crippen LogP contribution < -0.4 is 26.3 Å². The van der Waals surface area contributed by atoms with Crippen molar-refractivity contribution in [3.63, 3.8) is 0 Å². The number of methoxy groups -OCH3 is 1. The van der Waals surface area contributed by atoms with Gasteiger partial charge in [-0.05, 0) is 99.9 Å². The molecule has 9 heterocycles. The van der Waals surface area contributed by atoms with Gasteiger partial charge in [0.1, 0.15) is 18.6 Å². The number of hydrogen-bond donors (Lipinski definition) is 3. The Labute approximate surface area is 436 Å². The van der Waals surface area contributed by atoms with Crippen molar-refractivity contribution in [1.82, 2.24) is 40.1 Å². The van der Waals surface area contributed by atoms with Gasteiger partial charge in [0.05, 0.1) is 72.5 Å². The van der Waals surface area contributed by atoms with Crippen LogP contribution in [0.1, 0.15) is 107 Å². The van der Waals surface area contributed by atoms with Crippen LogP contribution in [-0.2, 0) is 41.6 Å². The van der Waals surface area contributed by atoms with Crippen molar-refractivity contribution in [3.8, 4) is 11.3 Å². The highest BCUT2D eigenvalue weighted by Gasteiger charge is 2.48. The summed E-state index contributed by atoms with van der Waals surface area (Å²) in [5, 5.41) is 5.14. The number of nitrogens with one attached hydrogen (secondary N) is 2. The van der Waals surface area contributed by atoms with E-state index in [1.54, 1.807) is 19.4 Å². The second-order valence-corrected chi connectivity index (χ2v) is 22.8. The van der Waals surface area contributed by atoms with Gasteiger partial charge in [-0.25, -0.2) is 5.43 Å². The van der Waals surface area contributed by atoms with Crippen molar-refractivity contribution in [2.75, 3.05) is 82.5 Å². The van der Waals surface area contributed by atoms with E-state index < -0.39 is 66.4 Å². The first-order valence-electron chi connectivity index (χ1n) is 27.1. The van der Waals surface area contributed by atoms with Gasteiger partial charge in [-0.15, -0.1) is 0 Å². The number of fused-ring (bicyclic) bond motifs is 9. The number of carbonyl (C=O) groups is 3. The van der Waals surface area contributed by atoms with E-state index in [4.69, 9.17) is 29.9 Å². The van der Waals surface area contributed by atoms with Crippen molar-refractivity contribution in [2.45, 2.75) is 140 Å². The lowest BCUT2D eigenvalue weighted by Gasteiger charge is -2.44. The maximum atomic E-state index is 15.2. The molecular formula is C55H72F3N11O6. The number of cyclic esters (lactones) is 1. The monoisotopic (exact) mass is 1040 g/mol. The van der Waals surface area contributed by atoms with Gasteiger partial charge < -0.3 is 39.6 Å². The number of hydrogen-bond acceptors (Lipinski definition) is 14. The fourth-order valence-corrected chi connectivity index (χ4v) is 12.9. The normalized spacial score (nSPS) is 28.4. The van der Waals surface area contributed by atoms with Crippen LogP contribution in [0, 0.1) is 5.41 Å². The standard InChI is InChI=1S/C55H72F3N11O6/c1-32-37-9-6-16-60-47(37)43-11-8-17-67(43)49(32)51(70)62-48-45(59)44-29-66(23-24-74-44)35-14-15-42-38(25-35)40(27-54(3,4)31-75-53(72)41-10-7-18-69(63-41)52(48)71)50(68(42)30-55(56,57)58)39-26-36(28-61-46(39)33(2)73-5)65-21-19-64(20-22-65)34-12-13-34/h6,9,14-16,25-26,28,32-34,41,43-45,48-49,63H,7-8,10-13,17-24,27,29-31,59H2,1-5H3,(H,62,70)/t32?,33-,41-,43+,44+,45+,48-,49-/m0/s1. The molecule has 0 radical (unpaired) electrons. The van der Waals surface area contributed by atoms with Crippen molar-refractivity contribution in [2.24, 2.45) is 11.1 Å². The van der Waals surface area contributed by atoms with E-state index in [9.17, 15) is 9.59 Å². The van der Waals surface area contributed by atoms with Crippen LogP contribution in [0.2, 0.25) is 0 Å². The maximum Gasteiger partial charge on any atom is 0.406 e. The number of ether oxygens (including phenoxy) is 3. The van der Waals surface area contributed by atoms with E-state index in [0.29, 0.717) is 65.4 Å². The third-order valence-electron chi connectivity index (χ3n) is 17.0. The fraction of sp³-hybridized carbons (Fsp3) is 0.618. The van der Waals surface area contributed by atoms with E-state index in [1.165, 1.54) is 22.4 Å². The van der Waals surface area contributed by atoms with Crippen LogP contribution >= 0.6 is 0 Å². The maximum absolute atomic E-state index is 15.2. The second-order valence-electron chi connectivity index (χ2n) is 22.8. The summed E-state index contributed by atoms with van der Waals surface area (Å²) in [5.74, 6) is -1.64. The number of nitrogens with two attached hydrogens (primary N) is 1. The number of alkyl halides is 3. The molecule has 4 aromatic rings. The Morgan fingerprint density at radius 1 is 0.987 bits per heavy atom. The Kier molecular flexibility index (Phi) is 14.2. The SMILES string of the molecule is CO[C@@H](C)c1ncc(N2CCN(C3CC3)CC2)cc1-c1c2c3cc(ccc3n1CC(F)(F)F)N1CCO[C@H](C1)[C@@H](N)[C@H](NC(=O)[C@@H]1C(C)c3cccnc3[C@H]3CCCN31)C(=O)N1CCC[C@H](N1)C(=O)OCC(C)(C)C2. The van der Waals surface area contributed by atoms with Gasteiger partial charge in [0.2, 0.25) is 5.91 Å². The van der Waals surface area contributed by atoms with Gasteiger partial charge in [-0.1, -0.05) is 26.8 Å². The number of amides is 2. The number of piperazine rings is 1. The first-order chi connectivity index (χ1) is 36.0. The third-order valence-corrected chi connectivity index (χ3v) is 17.0. The molecule has 4 saturated heterocycles. The van der Waals surface area contributed by atoms with Gasteiger partial charge in [-0.3, -0.25) is 39.2 Å². The lowest BCUT2D eigenvalue weighted by atomic mass is 9.83. The summed E-state index contributed by atoms with van der Waals surface area (Å²) in [7, 11) is 1.57. The molecule has 8 atom stereocenters. The van der Waals surface area contributed by atoms with Gasteiger partial charge in [0.15, 0.2) is 0 Å². The van der Waals surface area contributed by atoms with Crippen LogP contribution in [0.5, 0.6) is 0 Å². The lowest BCUT2D eigenvalue weighted by Crippen LogP contribution is -2.68. The molecule has 1 aromatic carbocycles. The molecule has 75 heavy (non-hydrogen) atoms. The van der Waals surface area contributed by atoms with Crippen LogP contribution in [0.3, 0.4) is 0 Å². The number of anilines is 2. The minimum atomic E-state index is -4.60. The largest absolute Gasteiger partial charge is 0.464 e. The summed E-state index contributed by atoms with van der Waals surface area (Å²) in [5.41, 5.74) is 15.6. The minimum absolute atomic E-state index is 0.0338. The van der Waals surface area contributed by atoms with Crippen LogP contribution in [0.25, 0.3) is 22.2 Å². The van der Waals surface area contributed by atoms with Crippen LogP contribution in [0.4, 0.5) is 24.5 Å². The lowest BCUT2D eigenvalue weighted by molar-refractivity contribution is -0.156. The molecule has 0 spiro atoms. The summed E-state index contributed by atoms with van der Waals surface area (Å²) < 4.78 is 65.4. The second kappa shape index (κ2) is 20.5. The highest BCUT2D eigenvalue weighted by atomic mass is 19.4. The molecule has 7 aliphatic rings. The number of hydrazine groups is 1. The number of benzene rings is 1. The van der Waals surface area contributed by atoms with Gasteiger partial charge in [-0.2, -0.15) is 13.2 Å². The van der Waals surface area contributed by atoms with E-state index in [0.717, 1.165) is 61.7 Å². The Morgan fingerprint density at radius 3 is 2.53 bits per heavy atom. The zero-order chi connectivity index (χ0) is 52.5. The van der Waals surface area contributed by atoms with Crippen molar-refractivity contribution in [1.29, 1.82) is 0 Å². The Balaban J connectivity index is 1.00. The summed E-state index contributed by atoms with van der Waals surface area (Å²) in [6.07, 6.45) is 2.92. The number of esters is 1. The van der Waals surface area contributed by atoms with Crippen molar-refractivity contribution in [3.05, 3.63) is 71.3 Å². The molecule has 6 aliphatic heterocycles. The van der Waals surface area contributed by atoms with Gasteiger partial charge >= 0.3 is 12.1 Å². The predicted molar refractivity (Wildman–Crippen MR) is 277 cm³/mol. The Morgan fingerprint density at radius 2 is 1.77 bits per heavy atom. The molecule has 3 aromatic heterocycles. The summed E-state index contributed by atoms with van der Waals surface area (Å²) in [6.45, 7) is 11.6. The summed E-state index contributed by atoms with van der Waals surface area (Å²) in [6, 6.07) is 8.20. The zero-order valence-electron chi connectivity index (χ0n) is 43.8. The summed E-state index contributed by atoms with van der Waals surface area (Å²) in [4.78, 5) is 62.9. The van der Waals surface area contributed by atoms with E-state index in [-0.39, 0.29) is 50.6 Å². The topological polar surface area (TPSA) is 176 Å². The molecule has 4 N–H and O–H groups in total. The van der Waals surface area contributed by atoms with Crippen molar-refractivity contribution < 1.29 is 41.8 Å². The molecule has 2 amide bonds. The number of carbonyl (C=O) groups excluding carboxylic acids is 3. The highest BCUT2D eigenvalue weighted by Crippen LogP contribution is 2.46. The number of halogens is 3. The van der Waals surface area contributed by atoms with Gasteiger partial charge in [0.25, 0.3) is 5.91 Å². The first-order valence-corrected chi connectivity index (χ1v) is 27.1. The first kappa shape index (κ1) is 51.7. The summed E-state index contributed by atoms with van der Waals surface area (Å²) >= 11 is 0. The van der Waals surface area contributed by atoms with Crippen molar-refractivity contribution >= 4 is 40.1 Å². The molecule has 11 rings (SSSR count). The average Bonchev–Trinajstić information content (AvgIpc) is 4.13. The highest BCUT2D eigenvalue weighted by molar-refractivity contribution is 5.95. The molecule has 1 saturated carbocycles. The molecule has 404 valence electrons. The number of aromatic nitrogens is 3. The van der Waals surface area contributed by atoms with E-state index in [2.05, 4.69) is 30.3 Å². The van der Waals surface area contributed by atoms with Crippen LogP contribution in [-0.4, -0.2) is 162 Å². The van der Waals surface area contributed by atoms with Gasteiger partial charge in [0, 0.05) is 98.6 Å². The Bertz CT molecular complexity index is 2800. The molecular weight excluding hydrogens is 968 g/mol. The average molecular weight is 1040 g/mol. The third kappa shape index (κ3) is 10.2. The van der Waals surface area contributed by atoms with E-state index in [1.807, 2.05) is 64.2 Å². The molecule has 5 fully saturated rings. The number of rotatable bonds is 8. The van der Waals surface area contributed by atoms with Crippen LogP contribution in [0.15, 0.2) is 48.8 Å². The molecule has 17 nitrogen and oxygen atoms in total.